The number of rotatable bonds is 4. The van der Waals surface area contributed by atoms with E-state index in [-0.39, 0.29) is 0 Å². The van der Waals surface area contributed by atoms with Gasteiger partial charge in [-0.2, -0.15) is 0 Å². The van der Waals surface area contributed by atoms with Crippen LogP contribution in [0.2, 0.25) is 0 Å². The van der Waals surface area contributed by atoms with Crippen LogP contribution in [0.25, 0.3) is 0 Å². The van der Waals surface area contributed by atoms with E-state index < -0.39 is 0 Å². The van der Waals surface area contributed by atoms with Crippen molar-refractivity contribution in [3.05, 3.63) is 16.0 Å². The molecule has 0 amide bonds. The zero-order valence-electron chi connectivity index (χ0n) is 11.7. The average Bonchev–Trinajstić information content (AvgIpc) is 2.70. The Hall–Kier alpha value is -0.680. The van der Waals surface area contributed by atoms with Crippen LogP contribution >= 0.6 is 15.9 Å². The number of ether oxygens (including phenoxy) is 1. The lowest BCUT2D eigenvalue weighted by Crippen LogP contribution is -2.10. The smallest absolute Gasteiger partial charge is 0.144 e. The number of nitrogens with one attached hydrogen (secondary N) is 1. The molecule has 0 aromatic carbocycles. The van der Waals surface area contributed by atoms with Crippen LogP contribution in [0.5, 0.6) is 0 Å². The first-order valence-electron chi connectivity index (χ1n) is 6.99. The number of nitrogens with zero attached hydrogens (tertiary/aromatic N) is 2. The van der Waals surface area contributed by atoms with Gasteiger partial charge in [0, 0.05) is 20.1 Å². The third-order valence-corrected chi connectivity index (χ3v) is 4.51. The van der Waals surface area contributed by atoms with E-state index >= 15 is 0 Å². The van der Waals surface area contributed by atoms with Crippen LogP contribution in [0.3, 0.4) is 0 Å². The Labute approximate surface area is 123 Å². The van der Waals surface area contributed by atoms with Gasteiger partial charge in [0.15, 0.2) is 0 Å². The quantitative estimate of drug-likeness (QED) is 0.853. The Bertz CT molecular complexity index is 417. The molecule has 1 fully saturated rings. The number of halogens is 1. The minimum absolute atomic E-state index is 0.498. The highest BCUT2D eigenvalue weighted by Crippen LogP contribution is 2.32. The molecule has 106 valence electrons. The molecule has 5 heteroatoms. The van der Waals surface area contributed by atoms with Gasteiger partial charge in [0.2, 0.25) is 0 Å². The third kappa shape index (κ3) is 3.66. The molecule has 1 aromatic rings. The van der Waals surface area contributed by atoms with Crippen LogP contribution in [0, 0.1) is 0 Å². The zero-order valence-corrected chi connectivity index (χ0v) is 13.3. The van der Waals surface area contributed by atoms with Crippen molar-refractivity contribution in [3.8, 4) is 0 Å². The molecule has 0 aliphatic heterocycles. The molecule has 4 nitrogen and oxygen atoms in total. The lowest BCUT2D eigenvalue weighted by atomic mass is 9.99. The fourth-order valence-electron chi connectivity index (χ4n) is 2.63. The summed E-state index contributed by atoms with van der Waals surface area (Å²) in [4.78, 5) is 9.39. The van der Waals surface area contributed by atoms with E-state index in [9.17, 15) is 0 Å². The summed E-state index contributed by atoms with van der Waals surface area (Å²) in [5.41, 5.74) is 0.932. The van der Waals surface area contributed by atoms with Gasteiger partial charge < -0.3 is 10.1 Å². The topological polar surface area (TPSA) is 47.0 Å². The minimum Gasteiger partial charge on any atom is -0.378 e. The Balaban J connectivity index is 2.30. The van der Waals surface area contributed by atoms with Gasteiger partial charge in [-0.25, -0.2) is 9.97 Å². The largest absolute Gasteiger partial charge is 0.378 e. The van der Waals surface area contributed by atoms with Crippen molar-refractivity contribution in [2.45, 2.75) is 51.0 Å². The molecular formula is C14H22BrN3O. The van der Waals surface area contributed by atoms with Crippen molar-refractivity contribution in [2.75, 3.05) is 19.5 Å². The molecule has 0 spiro atoms. The van der Waals surface area contributed by atoms with Crippen LogP contribution in [-0.2, 0) is 11.3 Å². The van der Waals surface area contributed by atoms with Gasteiger partial charge in [0.05, 0.1) is 16.8 Å². The molecule has 1 N–H and O–H groups in total. The Morgan fingerprint density at radius 3 is 2.47 bits per heavy atom. The average molecular weight is 328 g/mol. The standard InChI is InChI=1S/C14H22BrN3O/c1-16-14-12(15)11(9-19-2)17-13(18-14)10-7-5-3-4-6-8-10/h10H,3-9H2,1-2H3,(H,16,17,18). The van der Waals surface area contributed by atoms with Crippen molar-refractivity contribution in [2.24, 2.45) is 0 Å². The fraction of sp³-hybridized carbons (Fsp3) is 0.714. The van der Waals surface area contributed by atoms with Crippen molar-refractivity contribution in [1.82, 2.24) is 9.97 Å². The van der Waals surface area contributed by atoms with Gasteiger partial charge >= 0.3 is 0 Å². The van der Waals surface area contributed by atoms with Crippen LogP contribution in [0.15, 0.2) is 4.47 Å². The normalized spacial score (nSPS) is 17.2. The van der Waals surface area contributed by atoms with E-state index in [2.05, 4.69) is 26.2 Å². The number of hydrogen-bond acceptors (Lipinski definition) is 4. The summed E-state index contributed by atoms with van der Waals surface area (Å²) in [7, 11) is 3.58. The van der Waals surface area contributed by atoms with Gasteiger partial charge in [-0.1, -0.05) is 25.7 Å². The van der Waals surface area contributed by atoms with Gasteiger partial charge in [0.1, 0.15) is 11.6 Å². The van der Waals surface area contributed by atoms with Gasteiger partial charge in [-0.15, -0.1) is 0 Å². The van der Waals surface area contributed by atoms with Crippen LogP contribution in [0.1, 0.15) is 56.0 Å². The summed E-state index contributed by atoms with van der Waals surface area (Å²) >= 11 is 3.55. The molecule has 0 saturated heterocycles. The van der Waals surface area contributed by atoms with Crippen molar-refractivity contribution in [3.63, 3.8) is 0 Å². The van der Waals surface area contributed by atoms with Crippen molar-refractivity contribution in [1.29, 1.82) is 0 Å². The van der Waals surface area contributed by atoms with E-state index in [1.54, 1.807) is 7.11 Å². The molecular weight excluding hydrogens is 306 g/mol. The predicted octanol–water partition coefficient (Wildman–Crippen LogP) is 3.87. The fourth-order valence-corrected chi connectivity index (χ4v) is 3.12. The van der Waals surface area contributed by atoms with Crippen LogP contribution in [0.4, 0.5) is 5.82 Å². The summed E-state index contributed by atoms with van der Waals surface area (Å²) in [5, 5.41) is 3.14. The number of anilines is 1. The number of methoxy groups -OCH3 is 1. The molecule has 19 heavy (non-hydrogen) atoms. The molecule has 2 rings (SSSR count). The molecule has 0 radical (unpaired) electrons. The van der Waals surface area contributed by atoms with E-state index in [1.807, 2.05) is 7.05 Å². The maximum absolute atomic E-state index is 5.23. The number of aromatic nitrogens is 2. The van der Waals surface area contributed by atoms with E-state index in [1.165, 1.54) is 38.5 Å². The van der Waals surface area contributed by atoms with E-state index in [0.717, 1.165) is 21.8 Å². The zero-order chi connectivity index (χ0) is 13.7. The highest BCUT2D eigenvalue weighted by molar-refractivity contribution is 9.10. The predicted molar refractivity (Wildman–Crippen MR) is 80.4 cm³/mol. The van der Waals surface area contributed by atoms with Crippen molar-refractivity contribution >= 4 is 21.7 Å². The molecule has 0 bridgehead atoms. The minimum atomic E-state index is 0.498. The highest BCUT2D eigenvalue weighted by Gasteiger charge is 2.20. The maximum atomic E-state index is 5.23. The van der Waals surface area contributed by atoms with Crippen molar-refractivity contribution < 1.29 is 4.74 Å². The third-order valence-electron chi connectivity index (χ3n) is 3.68. The highest BCUT2D eigenvalue weighted by atomic mass is 79.9. The van der Waals surface area contributed by atoms with E-state index in [4.69, 9.17) is 9.72 Å². The molecule has 1 aliphatic rings. The molecule has 1 saturated carbocycles. The number of hydrogen-bond donors (Lipinski definition) is 1. The second-order valence-corrected chi connectivity index (χ2v) is 5.86. The summed E-state index contributed by atoms with van der Waals surface area (Å²) < 4.78 is 6.14. The van der Waals surface area contributed by atoms with Gasteiger partial charge in [-0.3, -0.25) is 0 Å². The van der Waals surface area contributed by atoms with Crippen LogP contribution in [-0.4, -0.2) is 24.1 Å². The first-order valence-corrected chi connectivity index (χ1v) is 7.78. The molecule has 0 unspecified atom stereocenters. The summed E-state index contributed by atoms with van der Waals surface area (Å²) in [6, 6.07) is 0. The second-order valence-electron chi connectivity index (χ2n) is 5.06. The maximum Gasteiger partial charge on any atom is 0.144 e. The second kappa shape index (κ2) is 7.20. The first kappa shape index (κ1) is 14.7. The summed E-state index contributed by atoms with van der Waals surface area (Å²) in [6.45, 7) is 0.511. The molecule has 1 aliphatic carbocycles. The first-order chi connectivity index (χ1) is 9.26. The van der Waals surface area contributed by atoms with Crippen LogP contribution < -0.4 is 5.32 Å². The molecule has 1 aromatic heterocycles. The van der Waals surface area contributed by atoms with Gasteiger partial charge in [-0.05, 0) is 28.8 Å². The lowest BCUT2D eigenvalue weighted by molar-refractivity contribution is 0.180. The lowest BCUT2D eigenvalue weighted by Gasteiger charge is -2.16. The van der Waals surface area contributed by atoms with E-state index in [0.29, 0.717) is 12.5 Å². The Kier molecular flexibility index (Phi) is 5.58. The summed E-state index contributed by atoms with van der Waals surface area (Å²) in [6.07, 6.45) is 7.68. The molecule has 1 heterocycles. The Morgan fingerprint density at radius 1 is 1.21 bits per heavy atom. The van der Waals surface area contributed by atoms with Gasteiger partial charge in [0.25, 0.3) is 0 Å². The Morgan fingerprint density at radius 2 is 1.89 bits per heavy atom. The monoisotopic (exact) mass is 327 g/mol. The summed E-state index contributed by atoms with van der Waals surface area (Å²) in [5.74, 6) is 2.33. The molecule has 0 atom stereocenters. The SMILES string of the molecule is CNc1nc(C2CCCCCC2)nc(COC)c1Br.